The average Bonchev–Trinajstić information content (AvgIpc) is 2.11. The molecule has 110 valence electrons. The fraction of sp³-hybridized carbons (Fsp3) is 0.500. The fourth-order valence-corrected chi connectivity index (χ4v) is 0.293. The van der Waals surface area contributed by atoms with Gasteiger partial charge in [-0.3, -0.25) is 19.7 Å². The van der Waals surface area contributed by atoms with Gasteiger partial charge in [0.25, 0.3) is 18.5 Å². The lowest BCUT2D eigenvalue weighted by Crippen LogP contribution is -2.20. The van der Waals surface area contributed by atoms with Gasteiger partial charge in [-0.2, -0.15) is 0 Å². The first-order valence-electron chi connectivity index (χ1n) is 4.37. The van der Waals surface area contributed by atoms with Crippen molar-refractivity contribution in [2.45, 2.75) is 13.8 Å². The molecule has 0 bridgehead atoms. The molecule has 0 rings (SSSR count). The van der Waals surface area contributed by atoms with Gasteiger partial charge in [0.1, 0.15) is 0 Å². The monoisotopic (exact) mass is 283 g/mol. The Morgan fingerprint density at radius 2 is 1.37 bits per heavy atom. The van der Waals surface area contributed by atoms with E-state index in [0.29, 0.717) is 0 Å². The van der Waals surface area contributed by atoms with Gasteiger partial charge in [-0.05, 0) is 0 Å². The molecule has 0 aromatic rings. The molecule has 0 heterocycles. The van der Waals surface area contributed by atoms with Crippen molar-refractivity contribution in [1.82, 2.24) is 0 Å². The molecule has 0 atom stereocenters. The van der Waals surface area contributed by atoms with Crippen LogP contribution in [0.2, 0.25) is 0 Å². The van der Waals surface area contributed by atoms with Gasteiger partial charge in [0.05, 0.1) is 0 Å². The molecule has 0 aliphatic heterocycles. The minimum absolute atomic E-state index is 0.833. The Morgan fingerprint density at radius 1 is 1.05 bits per heavy atom. The van der Waals surface area contributed by atoms with Crippen LogP contribution in [0.15, 0.2) is 0 Å². The van der Waals surface area contributed by atoms with Crippen LogP contribution in [0.25, 0.3) is 0 Å². The summed E-state index contributed by atoms with van der Waals surface area (Å²) in [5.41, 5.74) is 0. The molecule has 19 heavy (non-hydrogen) atoms. The lowest BCUT2D eigenvalue weighted by atomic mass is 10.6. The molecule has 0 saturated heterocycles. The Bertz CT molecular complexity index is 316. The summed E-state index contributed by atoms with van der Waals surface area (Å²) >= 11 is 0. The molecule has 0 aliphatic rings. The summed E-state index contributed by atoms with van der Waals surface area (Å²) in [5, 5.41) is 32.4. The summed E-state index contributed by atoms with van der Waals surface area (Å²) in [6.07, 6.45) is 0. The van der Waals surface area contributed by atoms with Crippen molar-refractivity contribution < 1.29 is 44.2 Å². The van der Waals surface area contributed by atoms with Gasteiger partial charge in [0.15, 0.2) is 6.61 Å². The highest BCUT2D eigenvalue weighted by atomic mass is 16.6. The number of nitro groups is 1. The van der Waals surface area contributed by atoms with Gasteiger partial charge >= 0.3 is 11.9 Å². The molecule has 0 saturated carbocycles. The van der Waals surface area contributed by atoms with Gasteiger partial charge < -0.3 is 20.1 Å². The molecule has 11 nitrogen and oxygen atoms in total. The van der Waals surface area contributed by atoms with Crippen LogP contribution >= 0.6 is 0 Å². The molecule has 0 spiro atoms. The molecular weight excluding hydrogens is 270 g/mol. The molecule has 0 amide bonds. The number of nitrogens with zero attached hydrogens (tertiary/aromatic N) is 1. The Balaban J connectivity index is -0.000000264. The van der Waals surface area contributed by atoms with E-state index in [1.165, 1.54) is 0 Å². The van der Waals surface area contributed by atoms with Gasteiger partial charge in [-0.25, -0.2) is 9.59 Å². The van der Waals surface area contributed by atoms with E-state index in [-0.39, 0.29) is 0 Å². The topological polar surface area (TPSA) is 181 Å². The van der Waals surface area contributed by atoms with E-state index in [9.17, 15) is 19.7 Å². The number of ether oxygens (including phenoxy) is 1. The Hall–Kier alpha value is -2.72. The van der Waals surface area contributed by atoms with E-state index in [0.717, 1.165) is 13.8 Å². The third-order valence-electron chi connectivity index (χ3n) is 0.615. The van der Waals surface area contributed by atoms with Gasteiger partial charge in [-0.1, -0.05) is 0 Å². The van der Waals surface area contributed by atoms with Crippen molar-refractivity contribution in [3.05, 3.63) is 10.1 Å². The van der Waals surface area contributed by atoms with E-state index in [2.05, 4.69) is 4.74 Å². The molecule has 0 fully saturated rings. The van der Waals surface area contributed by atoms with E-state index in [1.54, 1.807) is 0 Å². The number of aliphatic carboxylic acids is 3. The zero-order chi connectivity index (χ0) is 16.0. The van der Waals surface area contributed by atoms with Crippen molar-refractivity contribution in [2.75, 3.05) is 13.2 Å². The summed E-state index contributed by atoms with van der Waals surface area (Å²) in [4.78, 5) is 46.7. The third kappa shape index (κ3) is 68.3. The number of hydrogen-bond donors (Lipinski definition) is 3. The highest BCUT2D eigenvalue weighted by molar-refractivity contribution is 5.75. The number of carboxylic acids is 3. The Kier molecular flexibility index (Phi) is 15.1. The molecule has 0 aromatic carbocycles. The summed E-state index contributed by atoms with van der Waals surface area (Å²) in [6.45, 7) is 0.319. The summed E-state index contributed by atoms with van der Waals surface area (Å²) < 4.78 is 3.93. The quantitative estimate of drug-likeness (QED) is 0.331. The maximum absolute atomic E-state index is 10.2. The smallest absolute Gasteiger partial charge is 0.379 e. The van der Waals surface area contributed by atoms with Gasteiger partial charge in [-0.15, -0.1) is 0 Å². The van der Waals surface area contributed by atoms with Crippen LogP contribution in [0.3, 0.4) is 0 Å². The molecule has 3 N–H and O–H groups in total. The minimum atomic E-state index is -1.35. The number of rotatable bonds is 4. The number of carbonyl (C=O) groups excluding carboxylic acids is 1. The summed E-state index contributed by atoms with van der Waals surface area (Å²) in [6, 6.07) is 0. The second-order valence-corrected chi connectivity index (χ2v) is 2.58. The first kappa shape index (κ1) is 21.6. The fourth-order valence-electron chi connectivity index (χ4n) is 0.293. The number of esters is 1. The van der Waals surface area contributed by atoms with Crippen molar-refractivity contribution >= 4 is 23.9 Å². The molecule has 0 radical (unpaired) electrons. The molecule has 0 aliphatic carbocycles. The zero-order valence-electron chi connectivity index (χ0n) is 10.1. The van der Waals surface area contributed by atoms with E-state index >= 15 is 0 Å². The van der Waals surface area contributed by atoms with E-state index < -0.39 is 42.0 Å². The maximum Gasteiger partial charge on any atom is 0.379 e. The predicted molar refractivity (Wildman–Crippen MR) is 57.1 cm³/mol. The van der Waals surface area contributed by atoms with Crippen LogP contribution in [0.4, 0.5) is 0 Å². The highest BCUT2D eigenvalue weighted by Gasteiger charge is 2.11. The van der Waals surface area contributed by atoms with Gasteiger partial charge in [0, 0.05) is 18.8 Å². The van der Waals surface area contributed by atoms with Crippen LogP contribution < -0.4 is 0 Å². The Morgan fingerprint density at radius 3 is 1.58 bits per heavy atom. The van der Waals surface area contributed by atoms with Crippen molar-refractivity contribution in [2.24, 2.45) is 0 Å². The van der Waals surface area contributed by atoms with E-state index in [1.807, 2.05) is 0 Å². The average molecular weight is 283 g/mol. The second-order valence-electron chi connectivity index (χ2n) is 2.58. The number of carbonyl (C=O) groups is 4. The van der Waals surface area contributed by atoms with Gasteiger partial charge in [0.2, 0.25) is 0 Å². The van der Waals surface area contributed by atoms with E-state index in [4.69, 9.17) is 24.9 Å². The van der Waals surface area contributed by atoms with Crippen LogP contribution in [0, 0.1) is 10.1 Å². The second kappa shape index (κ2) is 13.3. The lowest BCUT2D eigenvalue weighted by molar-refractivity contribution is -0.470. The highest BCUT2D eigenvalue weighted by Crippen LogP contribution is 1.79. The number of carboxylic acid groups (broad SMARTS) is 3. The Labute approximate surface area is 106 Å². The minimum Gasteiger partial charge on any atom is -0.481 e. The lowest BCUT2D eigenvalue weighted by Gasteiger charge is -1.95. The zero-order valence-corrected chi connectivity index (χ0v) is 10.1. The molecule has 0 unspecified atom stereocenters. The van der Waals surface area contributed by atoms with Crippen LogP contribution in [0.1, 0.15) is 13.8 Å². The number of hydrogen-bond acceptors (Lipinski definition) is 7. The standard InChI is InChI=1S/C4H5NO6.2C2H4O2/c6-3(7)2-11-4(8)1-5(9)10;2*1-2(3)4/h1-2H2,(H,6,7);2*1H3,(H,3,4). The molecule has 11 heteroatoms. The maximum atomic E-state index is 10.2. The largest absolute Gasteiger partial charge is 0.481 e. The SMILES string of the molecule is CC(=O)O.CC(=O)O.O=C(O)COC(=O)C[N+](=O)[O-]. The summed E-state index contributed by atoms with van der Waals surface area (Å²) in [7, 11) is 0. The predicted octanol–water partition coefficient (Wildman–Crippen LogP) is -0.927. The van der Waals surface area contributed by atoms with Crippen molar-refractivity contribution in [1.29, 1.82) is 0 Å². The molecule has 0 aromatic heterocycles. The first-order chi connectivity index (χ1) is 8.48. The van der Waals surface area contributed by atoms with Crippen molar-refractivity contribution in [3.63, 3.8) is 0 Å². The van der Waals surface area contributed by atoms with Crippen LogP contribution in [-0.2, 0) is 23.9 Å². The van der Waals surface area contributed by atoms with Crippen molar-refractivity contribution in [3.8, 4) is 0 Å². The van der Waals surface area contributed by atoms with Crippen LogP contribution in [-0.4, -0.2) is 57.3 Å². The normalized spacial score (nSPS) is 7.68. The molecular formula is C8H13NO10. The van der Waals surface area contributed by atoms with Crippen LogP contribution in [0.5, 0.6) is 0 Å². The first-order valence-corrected chi connectivity index (χ1v) is 4.37. The third-order valence-corrected chi connectivity index (χ3v) is 0.615. The summed E-state index contributed by atoms with van der Waals surface area (Å²) in [5.74, 6) is -4.17.